The largest absolute Gasteiger partial charge is 0.493 e. The maximum atomic E-state index is 12.8. The lowest BCUT2D eigenvalue weighted by molar-refractivity contribution is 0.102. The minimum atomic E-state index is -3.75. The highest BCUT2D eigenvalue weighted by Gasteiger charge is 2.18. The molecule has 33 heavy (non-hydrogen) atoms. The van der Waals surface area contributed by atoms with Gasteiger partial charge in [0.1, 0.15) is 5.75 Å². The van der Waals surface area contributed by atoms with Gasteiger partial charge in [-0.1, -0.05) is 41.2 Å². The second-order valence-electron chi connectivity index (χ2n) is 7.46. The Hall–Kier alpha value is -3.43. The van der Waals surface area contributed by atoms with Gasteiger partial charge in [-0.3, -0.25) is 9.52 Å². The van der Waals surface area contributed by atoms with Crippen LogP contribution in [0.2, 0.25) is 0 Å². The summed E-state index contributed by atoms with van der Waals surface area (Å²) in [5.41, 5.74) is 3.50. The van der Waals surface area contributed by atoms with Crippen molar-refractivity contribution >= 4 is 48.3 Å². The van der Waals surface area contributed by atoms with Crippen molar-refractivity contribution in [2.75, 3.05) is 16.6 Å². The number of ether oxygens (including phenoxy) is 1. The number of rotatable bonds is 7. The number of carbonyl (C=O) groups is 1. The van der Waals surface area contributed by atoms with E-state index in [0.717, 1.165) is 15.8 Å². The molecule has 0 radical (unpaired) electrons. The molecule has 0 saturated carbocycles. The minimum absolute atomic E-state index is 0.171. The van der Waals surface area contributed by atoms with Gasteiger partial charge in [-0.05, 0) is 62.7 Å². The van der Waals surface area contributed by atoms with Crippen molar-refractivity contribution in [2.24, 2.45) is 0 Å². The lowest BCUT2D eigenvalue weighted by atomic mass is 10.1. The third kappa shape index (κ3) is 4.99. The van der Waals surface area contributed by atoms with E-state index in [1.165, 1.54) is 11.3 Å². The van der Waals surface area contributed by atoms with E-state index >= 15 is 0 Å². The molecule has 3 aromatic carbocycles. The second kappa shape index (κ2) is 9.21. The highest BCUT2D eigenvalue weighted by atomic mass is 32.2. The molecule has 0 saturated heterocycles. The number of aromatic nitrogens is 1. The fourth-order valence-electron chi connectivity index (χ4n) is 3.34. The molecular formula is C24H23N3O4S2. The Balaban J connectivity index is 1.59. The zero-order valence-electron chi connectivity index (χ0n) is 18.4. The van der Waals surface area contributed by atoms with Crippen LogP contribution in [-0.4, -0.2) is 25.9 Å². The molecule has 4 rings (SSSR count). The number of benzene rings is 3. The van der Waals surface area contributed by atoms with Crippen LogP contribution in [0, 0.1) is 13.8 Å². The summed E-state index contributed by atoms with van der Waals surface area (Å²) in [5, 5.41) is 3.16. The number of hydrogen-bond donors (Lipinski definition) is 2. The topological polar surface area (TPSA) is 97.4 Å². The van der Waals surface area contributed by atoms with Crippen molar-refractivity contribution in [1.82, 2.24) is 4.98 Å². The number of aryl methyl sites for hydroxylation is 2. The Morgan fingerprint density at radius 3 is 2.52 bits per heavy atom. The van der Waals surface area contributed by atoms with Crippen LogP contribution in [0.25, 0.3) is 10.2 Å². The van der Waals surface area contributed by atoms with E-state index in [0.29, 0.717) is 29.1 Å². The van der Waals surface area contributed by atoms with E-state index < -0.39 is 10.0 Å². The van der Waals surface area contributed by atoms with Crippen LogP contribution < -0.4 is 14.8 Å². The smallest absolute Gasteiger partial charge is 0.263 e. The van der Waals surface area contributed by atoms with Gasteiger partial charge in [0.2, 0.25) is 0 Å². The molecule has 0 unspecified atom stereocenters. The van der Waals surface area contributed by atoms with Gasteiger partial charge in [0.05, 0.1) is 27.3 Å². The van der Waals surface area contributed by atoms with Crippen molar-refractivity contribution in [3.05, 3.63) is 77.4 Å². The Morgan fingerprint density at radius 2 is 1.79 bits per heavy atom. The molecule has 2 N–H and O–H groups in total. The fraction of sp³-hybridized carbons (Fsp3) is 0.167. The summed E-state index contributed by atoms with van der Waals surface area (Å²) in [6.45, 7) is 6.08. The number of hydrogen-bond acceptors (Lipinski definition) is 6. The summed E-state index contributed by atoms with van der Waals surface area (Å²) in [5.74, 6) is 0.225. The summed E-state index contributed by atoms with van der Waals surface area (Å²) in [6, 6.07) is 17.3. The number of carbonyl (C=O) groups excluding carboxylic acids is 1. The van der Waals surface area contributed by atoms with Crippen LogP contribution in [0.1, 0.15) is 28.4 Å². The maximum Gasteiger partial charge on any atom is 0.263 e. The number of amides is 1. The van der Waals surface area contributed by atoms with Crippen molar-refractivity contribution in [3.63, 3.8) is 0 Å². The molecule has 0 aliphatic carbocycles. The standard InChI is InChI=1S/C24H23N3O4S2/c1-4-31-20-8-6-5-7-19(20)23(28)25-17-13-16(3)22-21(14-17)32-24(26-22)27-33(29,30)18-11-9-15(2)10-12-18/h5-14H,4H2,1-3H3,(H,25,28)(H,26,27). The van der Waals surface area contributed by atoms with Gasteiger partial charge < -0.3 is 10.1 Å². The molecule has 1 aromatic heterocycles. The molecule has 0 bridgehead atoms. The first kappa shape index (κ1) is 22.8. The van der Waals surface area contributed by atoms with Gasteiger partial charge in [0, 0.05) is 5.69 Å². The van der Waals surface area contributed by atoms with Crippen molar-refractivity contribution in [3.8, 4) is 5.75 Å². The minimum Gasteiger partial charge on any atom is -0.493 e. The Kier molecular flexibility index (Phi) is 6.35. The number of nitrogens with zero attached hydrogens (tertiary/aromatic N) is 1. The molecule has 1 heterocycles. The summed E-state index contributed by atoms with van der Waals surface area (Å²) in [6.07, 6.45) is 0. The molecule has 0 atom stereocenters. The summed E-state index contributed by atoms with van der Waals surface area (Å²) >= 11 is 1.21. The number of thiazole rings is 1. The number of anilines is 2. The molecule has 7 nitrogen and oxygen atoms in total. The molecule has 170 valence electrons. The van der Waals surface area contributed by atoms with E-state index in [1.54, 1.807) is 48.5 Å². The normalized spacial score (nSPS) is 11.4. The van der Waals surface area contributed by atoms with Crippen molar-refractivity contribution in [1.29, 1.82) is 0 Å². The Morgan fingerprint density at radius 1 is 1.06 bits per heavy atom. The lowest BCUT2D eigenvalue weighted by Gasteiger charge is -2.11. The van der Waals surface area contributed by atoms with Crippen molar-refractivity contribution < 1.29 is 17.9 Å². The van der Waals surface area contributed by atoms with Crippen LogP contribution >= 0.6 is 11.3 Å². The zero-order chi connectivity index (χ0) is 23.6. The predicted molar refractivity (Wildman–Crippen MR) is 132 cm³/mol. The fourth-order valence-corrected chi connectivity index (χ4v) is 5.56. The zero-order valence-corrected chi connectivity index (χ0v) is 20.0. The van der Waals surface area contributed by atoms with E-state index in [-0.39, 0.29) is 15.9 Å². The first-order chi connectivity index (χ1) is 15.8. The number of nitrogens with one attached hydrogen (secondary N) is 2. The SMILES string of the molecule is CCOc1ccccc1C(=O)Nc1cc(C)c2nc(NS(=O)(=O)c3ccc(C)cc3)sc2c1. The number of fused-ring (bicyclic) bond motifs is 1. The van der Waals surface area contributed by atoms with E-state index in [2.05, 4.69) is 15.0 Å². The van der Waals surface area contributed by atoms with E-state index in [1.807, 2.05) is 32.9 Å². The summed E-state index contributed by atoms with van der Waals surface area (Å²) < 4.78 is 34.3. The molecular weight excluding hydrogens is 458 g/mol. The maximum absolute atomic E-state index is 12.8. The number of para-hydroxylation sites is 1. The monoisotopic (exact) mass is 481 g/mol. The first-order valence-electron chi connectivity index (χ1n) is 10.3. The van der Waals surface area contributed by atoms with Gasteiger partial charge in [-0.2, -0.15) is 0 Å². The molecule has 0 spiro atoms. The van der Waals surface area contributed by atoms with Crippen LogP contribution in [0.3, 0.4) is 0 Å². The summed E-state index contributed by atoms with van der Waals surface area (Å²) in [4.78, 5) is 17.5. The number of sulfonamides is 1. The van der Waals surface area contributed by atoms with Gasteiger partial charge in [-0.15, -0.1) is 0 Å². The molecule has 0 aliphatic heterocycles. The van der Waals surface area contributed by atoms with Crippen LogP contribution in [0.5, 0.6) is 5.75 Å². The van der Waals surface area contributed by atoms with Gasteiger partial charge in [0.15, 0.2) is 5.13 Å². The van der Waals surface area contributed by atoms with Gasteiger partial charge in [0.25, 0.3) is 15.9 Å². The third-order valence-corrected chi connectivity index (χ3v) is 7.33. The average Bonchev–Trinajstić information content (AvgIpc) is 3.17. The molecule has 1 amide bonds. The van der Waals surface area contributed by atoms with Crippen LogP contribution in [0.15, 0.2) is 65.6 Å². The first-order valence-corrected chi connectivity index (χ1v) is 12.6. The molecule has 9 heteroatoms. The quantitative estimate of drug-likeness (QED) is 0.370. The molecule has 0 aliphatic rings. The van der Waals surface area contributed by atoms with Gasteiger partial charge in [-0.25, -0.2) is 13.4 Å². The van der Waals surface area contributed by atoms with Crippen LogP contribution in [-0.2, 0) is 10.0 Å². The highest BCUT2D eigenvalue weighted by Crippen LogP contribution is 2.32. The Labute approximate surface area is 196 Å². The molecule has 4 aromatic rings. The van der Waals surface area contributed by atoms with E-state index in [9.17, 15) is 13.2 Å². The Bertz CT molecular complexity index is 1430. The van der Waals surface area contributed by atoms with E-state index in [4.69, 9.17) is 4.74 Å². The highest BCUT2D eigenvalue weighted by molar-refractivity contribution is 7.93. The van der Waals surface area contributed by atoms with Gasteiger partial charge >= 0.3 is 0 Å². The lowest BCUT2D eigenvalue weighted by Crippen LogP contribution is -2.13. The predicted octanol–water partition coefficient (Wildman–Crippen LogP) is 5.36. The van der Waals surface area contributed by atoms with Crippen molar-refractivity contribution in [2.45, 2.75) is 25.7 Å². The summed E-state index contributed by atoms with van der Waals surface area (Å²) in [7, 11) is -3.75. The second-order valence-corrected chi connectivity index (χ2v) is 10.2. The third-order valence-electron chi connectivity index (χ3n) is 4.93. The molecule has 0 fully saturated rings. The van der Waals surface area contributed by atoms with Crippen LogP contribution in [0.4, 0.5) is 10.8 Å². The average molecular weight is 482 g/mol.